The standard InChI is InChI=1S/C50H52N2/c1-46(2,3)33-25-38-44-40(27-33)50(11,12)41-28-34(47(4,5)6)26-39-45(41)52(44)43-36(48(38,7)8)23-32(24-37(43)49(39,9)10)30-17-15-18-31(22-30)42-35-19-14-13-16-29(35)20-21-51-42/h13-28H,1-12H3. The van der Waals surface area contributed by atoms with Crippen LogP contribution in [0.25, 0.3) is 33.2 Å². The highest BCUT2D eigenvalue weighted by Gasteiger charge is 2.52. The summed E-state index contributed by atoms with van der Waals surface area (Å²) in [6, 6.07) is 35.0. The summed E-state index contributed by atoms with van der Waals surface area (Å²) < 4.78 is 0. The van der Waals surface area contributed by atoms with Gasteiger partial charge in [-0.05, 0) is 96.1 Å². The molecule has 4 heterocycles. The van der Waals surface area contributed by atoms with Gasteiger partial charge in [-0.3, -0.25) is 4.98 Å². The van der Waals surface area contributed by atoms with E-state index in [4.69, 9.17) is 4.98 Å². The smallest absolute Gasteiger partial charge is 0.0780 e. The monoisotopic (exact) mass is 680 g/mol. The Morgan fingerprint density at radius 1 is 0.462 bits per heavy atom. The van der Waals surface area contributed by atoms with Gasteiger partial charge in [-0.15, -0.1) is 0 Å². The molecule has 0 fully saturated rings. The van der Waals surface area contributed by atoms with Crippen molar-refractivity contribution in [3.05, 3.63) is 142 Å². The molecule has 3 aliphatic rings. The Labute approximate surface area is 311 Å². The van der Waals surface area contributed by atoms with E-state index in [2.05, 4.69) is 179 Å². The first-order chi connectivity index (χ1) is 24.3. The molecule has 0 unspecified atom stereocenters. The van der Waals surface area contributed by atoms with Crippen LogP contribution in [0.5, 0.6) is 0 Å². The third-order valence-electron chi connectivity index (χ3n) is 12.9. The Morgan fingerprint density at radius 3 is 1.38 bits per heavy atom. The van der Waals surface area contributed by atoms with Crippen LogP contribution in [-0.2, 0) is 27.1 Å². The number of nitrogens with zero attached hydrogens (tertiary/aromatic N) is 2. The van der Waals surface area contributed by atoms with Gasteiger partial charge in [0.15, 0.2) is 0 Å². The van der Waals surface area contributed by atoms with Crippen LogP contribution < -0.4 is 4.90 Å². The minimum absolute atomic E-state index is 0.0175. The minimum Gasteiger partial charge on any atom is -0.309 e. The van der Waals surface area contributed by atoms with E-state index < -0.39 is 0 Å². The number of fused-ring (bicyclic) bond motifs is 1. The van der Waals surface area contributed by atoms with Gasteiger partial charge >= 0.3 is 0 Å². The topological polar surface area (TPSA) is 16.1 Å². The highest BCUT2D eigenvalue weighted by Crippen LogP contribution is 2.67. The van der Waals surface area contributed by atoms with Crippen molar-refractivity contribution in [1.82, 2.24) is 4.98 Å². The Morgan fingerprint density at radius 2 is 0.904 bits per heavy atom. The third-order valence-corrected chi connectivity index (χ3v) is 12.9. The van der Waals surface area contributed by atoms with Crippen molar-refractivity contribution in [2.75, 3.05) is 4.90 Å². The van der Waals surface area contributed by atoms with Gasteiger partial charge in [-0.1, -0.05) is 150 Å². The van der Waals surface area contributed by atoms with Gasteiger partial charge in [0.1, 0.15) is 0 Å². The van der Waals surface area contributed by atoms with Gasteiger partial charge < -0.3 is 4.90 Å². The SMILES string of the molecule is CC(C)(C)c1cc2c3c(c1)C(C)(C)c1cc(C(C)(C)C)cc4c1N3c1c(cc(-c3cccc(-c5nccc6ccccc56)c3)cc1C4(C)C)C2(C)C. The molecule has 0 saturated heterocycles. The first-order valence-corrected chi connectivity index (χ1v) is 19.1. The summed E-state index contributed by atoms with van der Waals surface area (Å²) in [5, 5.41) is 2.40. The number of hydrogen-bond acceptors (Lipinski definition) is 2. The summed E-state index contributed by atoms with van der Waals surface area (Å²) in [4.78, 5) is 7.61. The molecule has 1 aromatic heterocycles. The van der Waals surface area contributed by atoms with Crippen LogP contribution in [0, 0.1) is 0 Å². The zero-order valence-corrected chi connectivity index (χ0v) is 33.1. The normalized spacial score (nSPS) is 17.3. The summed E-state index contributed by atoms with van der Waals surface area (Å²) >= 11 is 0. The highest BCUT2D eigenvalue weighted by molar-refractivity contribution is 6.00. The van der Waals surface area contributed by atoms with Crippen molar-refractivity contribution in [3.8, 4) is 22.4 Å². The third kappa shape index (κ3) is 4.39. The number of anilines is 3. The van der Waals surface area contributed by atoms with Crippen molar-refractivity contribution in [1.29, 1.82) is 0 Å². The van der Waals surface area contributed by atoms with Crippen LogP contribution in [0.15, 0.2) is 97.2 Å². The summed E-state index contributed by atoms with van der Waals surface area (Å²) in [5.74, 6) is 0. The molecule has 3 aliphatic heterocycles. The van der Waals surface area contributed by atoms with E-state index in [1.807, 2.05) is 6.20 Å². The zero-order valence-electron chi connectivity index (χ0n) is 33.1. The van der Waals surface area contributed by atoms with Crippen molar-refractivity contribution in [2.24, 2.45) is 0 Å². The van der Waals surface area contributed by atoms with Crippen LogP contribution in [-0.4, -0.2) is 4.98 Å². The van der Waals surface area contributed by atoms with Gasteiger partial charge in [0.05, 0.1) is 22.8 Å². The fraction of sp³-hybridized carbons (Fsp3) is 0.340. The Bertz CT molecular complexity index is 2400. The second-order valence-corrected chi connectivity index (χ2v) is 19.4. The van der Waals surface area contributed by atoms with Crippen molar-refractivity contribution in [2.45, 2.75) is 110 Å². The molecule has 2 nitrogen and oxygen atoms in total. The van der Waals surface area contributed by atoms with Crippen molar-refractivity contribution in [3.63, 3.8) is 0 Å². The molecule has 0 spiro atoms. The second-order valence-electron chi connectivity index (χ2n) is 19.4. The maximum Gasteiger partial charge on any atom is 0.0780 e. The lowest BCUT2D eigenvalue weighted by atomic mass is 9.59. The highest BCUT2D eigenvalue weighted by atomic mass is 15.2. The number of rotatable bonds is 2. The lowest BCUT2D eigenvalue weighted by molar-refractivity contribution is 0.542. The quantitative estimate of drug-likeness (QED) is 0.181. The molecular formula is C50H52N2. The van der Waals surface area contributed by atoms with Crippen LogP contribution in [0.3, 0.4) is 0 Å². The van der Waals surface area contributed by atoms with Crippen LogP contribution in [0.1, 0.15) is 128 Å². The van der Waals surface area contributed by atoms with Crippen LogP contribution in [0.4, 0.5) is 17.1 Å². The minimum atomic E-state index is -0.219. The number of benzene rings is 5. The van der Waals surface area contributed by atoms with E-state index in [0.29, 0.717) is 0 Å². The molecule has 0 radical (unpaired) electrons. The Kier molecular flexibility index (Phi) is 6.54. The molecule has 0 amide bonds. The number of hydrogen-bond donors (Lipinski definition) is 0. The number of pyridine rings is 1. The van der Waals surface area contributed by atoms with Gasteiger partial charge in [0.2, 0.25) is 0 Å². The summed E-state index contributed by atoms with van der Waals surface area (Å²) in [5.41, 5.74) is 19.7. The molecular weight excluding hydrogens is 629 g/mol. The largest absolute Gasteiger partial charge is 0.309 e. The molecule has 6 aromatic rings. The van der Waals surface area contributed by atoms with Gasteiger partial charge in [0.25, 0.3) is 0 Å². The first-order valence-electron chi connectivity index (χ1n) is 19.1. The summed E-state index contributed by atoms with van der Waals surface area (Å²) in [7, 11) is 0. The number of aromatic nitrogens is 1. The van der Waals surface area contributed by atoms with E-state index in [1.165, 1.54) is 83.5 Å². The van der Waals surface area contributed by atoms with E-state index in [-0.39, 0.29) is 27.1 Å². The molecule has 9 rings (SSSR count). The Hall–Kier alpha value is -4.69. The predicted molar refractivity (Wildman–Crippen MR) is 221 cm³/mol. The molecule has 0 atom stereocenters. The Balaban J connectivity index is 1.37. The second kappa shape index (κ2) is 10.2. The van der Waals surface area contributed by atoms with Crippen molar-refractivity contribution >= 4 is 27.8 Å². The van der Waals surface area contributed by atoms with Crippen LogP contribution in [0.2, 0.25) is 0 Å². The van der Waals surface area contributed by atoms with Crippen molar-refractivity contribution < 1.29 is 0 Å². The molecule has 52 heavy (non-hydrogen) atoms. The van der Waals surface area contributed by atoms with E-state index >= 15 is 0 Å². The lowest BCUT2D eigenvalue weighted by Crippen LogP contribution is -2.44. The van der Waals surface area contributed by atoms with E-state index in [0.717, 1.165) is 11.3 Å². The van der Waals surface area contributed by atoms with Gasteiger partial charge in [-0.25, -0.2) is 0 Å². The van der Waals surface area contributed by atoms with E-state index in [9.17, 15) is 0 Å². The zero-order chi connectivity index (χ0) is 36.9. The average molecular weight is 681 g/mol. The van der Waals surface area contributed by atoms with Gasteiger partial charge in [-0.2, -0.15) is 0 Å². The first kappa shape index (κ1) is 33.2. The molecule has 0 aliphatic carbocycles. The predicted octanol–water partition coefficient (Wildman–Crippen LogP) is 13.6. The molecule has 262 valence electrons. The molecule has 2 heteroatoms. The maximum absolute atomic E-state index is 4.91. The van der Waals surface area contributed by atoms with E-state index in [1.54, 1.807) is 0 Å². The van der Waals surface area contributed by atoms with Crippen LogP contribution >= 0.6 is 0 Å². The van der Waals surface area contributed by atoms with Gasteiger partial charge in [0, 0.05) is 33.4 Å². The molecule has 0 saturated carbocycles. The fourth-order valence-electron chi connectivity index (χ4n) is 9.48. The molecule has 0 N–H and O–H groups in total. The average Bonchev–Trinajstić information content (AvgIpc) is 3.09. The molecule has 0 bridgehead atoms. The fourth-order valence-corrected chi connectivity index (χ4v) is 9.48. The maximum atomic E-state index is 4.91. The molecule has 5 aromatic carbocycles. The lowest BCUT2D eigenvalue weighted by Gasteiger charge is -2.55. The summed E-state index contributed by atoms with van der Waals surface area (Å²) in [6.07, 6.45) is 1.94. The summed E-state index contributed by atoms with van der Waals surface area (Å²) in [6.45, 7) is 29.0.